The van der Waals surface area contributed by atoms with Crippen molar-refractivity contribution in [2.45, 2.75) is 39.9 Å². The van der Waals surface area contributed by atoms with Crippen LogP contribution >= 0.6 is 0 Å². The number of carbonyl (C=O) groups excluding carboxylic acids is 1. The third-order valence-corrected chi connectivity index (χ3v) is 3.04. The molecular formula is C16H22N4O. The standard InChI is InChI=1S/C16H22N4O/c1-12(2)17-8-15-9-20(11-18-15)10-16(21)19-14-6-4-13(3)5-7-14/h4-7,9,11-12,17H,8,10H2,1-3H3,(H,19,21). The molecule has 1 aromatic carbocycles. The van der Waals surface area contributed by atoms with Crippen LogP contribution < -0.4 is 10.6 Å². The fourth-order valence-corrected chi connectivity index (χ4v) is 1.90. The topological polar surface area (TPSA) is 59.0 Å². The normalized spacial score (nSPS) is 10.9. The molecule has 2 aromatic rings. The molecule has 112 valence electrons. The van der Waals surface area contributed by atoms with Crippen LogP contribution in [0.3, 0.4) is 0 Å². The smallest absolute Gasteiger partial charge is 0.244 e. The van der Waals surface area contributed by atoms with Gasteiger partial charge in [0.1, 0.15) is 6.54 Å². The summed E-state index contributed by atoms with van der Waals surface area (Å²) in [5, 5.41) is 6.17. The molecule has 0 unspecified atom stereocenters. The average molecular weight is 286 g/mol. The Kier molecular flexibility index (Phi) is 5.11. The molecule has 0 saturated heterocycles. The Bertz CT molecular complexity index is 587. The predicted molar refractivity (Wildman–Crippen MR) is 84.0 cm³/mol. The lowest BCUT2D eigenvalue weighted by atomic mass is 10.2. The minimum Gasteiger partial charge on any atom is -0.328 e. The first-order chi connectivity index (χ1) is 10.0. The van der Waals surface area contributed by atoms with Gasteiger partial charge in [0.05, 0.1) is 12.0 Å². The van der Waals surface area contributed by atoms with Crippen LogP contribution in [0.5, 0.6) is 0 Å². The van der Waals surface area contributed by atoms with Crippen LogP contribution in [0.1, 0.15) is 25.1 Å². The zero-order valence-electron chi connectivity index (χ0n) is 12.8. The van der Waals surface area contributed by atoms with E-state index in [-0.39, 0.29) is 12.5 Å². The number of carbonyl (C=O) groups is 1. The van der Waals surface area contributed by atoms with Gasteiger partial charge in [0.2, 0.25) is 5.91 Å². The molecule has 21 heavy (non-hydrogen) atoms. The Morgan fingerprint density at radius 2 is 2.00 bits per heavy atom. The summed E-state index contributed by atoms with van der Waals surface area (Å²) in [6.07, 6.45) is 3.58. The molecule has 0 fully saturated rings. The van der Waals surface area contributed by atoms with Gasteiger partial charge in [-0.05, 0) is 19.1 Å². The van der Waals surface area contributed by atoms with Gasteiger partial charge in [-0.2, -0.15) is 0 Å². The monoisotopic (exact) mass is 286 g/mol. The quantitative estimate of drug-likeness (QED) is 0.857. The fraction of sp³-hybridized carbons (Fsp3) is 0.375. The van der Waals surface area contributed by atoms with E-state index in [1.54, 1.807) is 10.9 Å². The number of aryl methyl sites for hydroxylation is 1. The number of rotatable bonds is 6. The second-order valence-corrected chi connectivity index (χ2v) is 5.49. The predicted octanol–water partition coefficient (Wildman–Crippen LogP) is 2.33. The van der Waals surface area contributed by atoms with E-state index in [0.717, 1.165) is 11.4 Å². The molecule has 1 amide bonds. The van der Waals surface area contributed by atoms with Gasteiger partial charge < -0.3 is 15.2 Å². The number of imidazole rings is 1. The lowest BCUT2D eigenvalue weighted by molar-refractivity contribution is -0.116. The summed E-state index contributed by atoms with van der Waals surface area (Å²) < 4.78 is 1.79. The van der Waals surface area contributed by atoms with Crippen molar-refractivity contribution >= 4 is 11.6 Å². The van der Waals surface area contributed by atoms with Crippen LogP contribution in [0.4, 0.5) is 5.69 Å². The molecule has 1 heterocycles. The van der Waals surface area contributed by atoms with Gasteiger partial charge in [0.25, 0.3) is 0 Å². The van der Waals surface area contributed by atoms with Crippen molar-refractivity contribution in [1.82, 2.24) is 14.9 Å². The highest BCUT2D eigenvalue weighted by Crippen LogP contribution is 2.08. The van der Waals surface area contributed by atoms with Crippen LogP contribution in [0.2, 0.25) is 0 Å². The molecule has 0 atom stereocenters. The van der Waals surface area contributed by atoms with E-state index in [2.05, 4.69) is 29.5 Å². The number of anilines is 1. The van der Waals surface area contributed by atoms with Crippen molar-refractivity contribution in [3.8, 4) is 0 Å². The zero-order chi connectivity index (χ0) is 15.2. The van der Waals surface area contributed by atoms with Crippen molar-refractivity contribution in [3.63, 3.8) is 0 Å². The maximum absolute atomic E-state index is 12.0. The largest absolute Gasteiger partial charge is 0.328 e. The van der Waals surface area contributed by atoms with Gasteiger partial charge >= 0.3 is 0 Å². The Hall–Kier alpha value is -2.14. The summed E-state index contributed by atoms with van der Waals surface area (Å²) in [6.45, 7) is 7.18. The second-order valence-electron chi connectivity index (χ2n) is 5.49. The maximum Gasteiger partial charge on any atom is 0.244 e. The molecule has 2 rings (SSSR count). The number of benzene rings is 1. The van der Waals surface area contributed by atoms with Crippen LogP contribution in [0, 0.1) is 6.92 Å². The summed E-state index contributed by atoms with van der Waals surface area (Å²) in [5.74, 6) is -0.0559. The summed E-state index contributed by atoms with van der Waals surface area (Å²) in [6, 6.07) is 8.17. The molecule has 0 aliphatic heterocycles. The van der Waals surface area contributed by atoms with E-state index in [4.69, 9.17) is 0 Å². The van der Waals surface area contributed by atoms with E-state index in [0.29, 0.717) is 12.6 Å². The molecule has 0 spiro atoms. The lowest BCUT2D eigenvalue weighted by Gasteiger charge is -2.06. The highest BCUT2D eigenvalue weighted by atomic mass is 16.1. The second kappa shape index (κ2) is 7.04. The van der Waals surface area contributed by atoms with Gasteiger partial charge in [-0.3, -0.25) is 4.79 Å². The number of aromatic nitrogens is 2. The van der Waals surface area contributed by atoms with Gasteiger partial charge in [-0.1, -0.05) is 31.5 Å². The summed E-state index contributed by atoms with van der Waals surface area (Å²) in [4.78, 5) is 16.2. The molecule has 0 aliphatic carbocycles. The number of hydrogen-bond donors (Lipinski definition) is 2. The maximum atomic E-state index is 12.0. The van der Waals surface area contributed by atoms with Crippen LogP contribution in [-0.2, 0) is 17.9 Å². The van der Waals surface area contributed by atoms with Crippen molar-refractivity contribution < 1.29 is 4.79 Å². The first-order valence-electron chi connectivity index (χ1n) is 7.13. The van der Waals surface area contributed by atoms with E-state index in [1.807, 2.05) is 37.4 Å². The Morgan fingerprint density at radius 3 is 2.67 bits per heavy atom. The van der Waals surface area contributed by atoms with Crippen molar-refractivity contribution in [2.24, 2.45) is 0 Å². The number of nitrogens with zero attached hydrogens (tertiary/aromatic N) is 2. The van der Waals surface area contributed by atoms with E-state index in [1.165, 1.54) is 5.56 Å². The third kappa shape index (κ3) is 5.04. The first kappa shape index (κ1) is 15.3. The van der Waals surface area contributed by atoms with E-state index >= 15 is 0 Å². The fourth-order valence-electron chi connectivity index (χ4n) is 1.90. The highest BCUT2D eigenvalue weighted by molar-refractivity contribution is 5.90. The van der Waals surface area contributed by atoms with Crippen LogP contribution in [0.15, 0.2) is 36.8 Å². The summed E-state index contributed by atoms with van der Waals surface area (Å²) in [5.41, 5.74) is 2.92. The van der Waals surface area contributed by atoms with Gasteiger partial charge in [0.15, 0.2) is 0 Å². The Morgan fingerprint density at radius 1 is 1.29 bits per heavy atom. The van der Waals surface area contributed by atoms with Gasteiger partial charge in [-0.25, -0.2) is 4.98 Å². The Labute approximate surface area is 125 Å². The van der Waals surface area contributed by atoms with Crippen LogP contribution in [-0.4, -0.2) is 21.5 Å². The van der Waals surface area contributed by atoms with Gasteiger partial charge in [0, 0.05) is 24.5 Å². The first-order valence-corrected chi connectivity index (χ1v) is 7.13. The van der Waals surface area contributed by atoms with Crippen LogP contribution in [0.25, 0.3) is 0 Å². The van der Waals surface area contributed by atoms with Crippen molar-refractivity contribution in [3.05, 3.63) is 48.0 Å². The number of nitrogens with one attached hydrogen (secondary N) is 2. The molecule has 2 N–H and O–H groups in total. The lowest BCUT2D eigenvalue weighted by Crippen LogP contribution is -2.22. The number of hydrogen-bond acceptors (Lipinski definition) is 3. The molecule has 0 aliphatic rings. The van der Waals surface area contributed by atoms with E-state index in [9.17, 15) is 4.79 Å². The minimum absolute atomic E-state index is 0.0559. The highest BCUT2D eigenvalue weighted by Gasteiger charge is 2.05. The molecule has 0 radical (unpaired) electrons. The molecular weight excluding hydrogens is 264 g/mol. The molecule has 5 nitrogen and oxygen atoms in total. The molecule has 0 bridgehead atoms. The molecule has 0 saturated carbocycles. The van der Waals surface area contributed by atoms with E-state index < -0.39 is 0 Å². The van der Waals surface area contributed by atoms with Crippen molar-refractivity contribution in [1.29, 1.82) is 0 Å². The molecule has 1 aromatic heterocycles. The minimum atomic E-state index is -0.0559. The summed E-state index contributed by atoms with van der Waals surface area (Å²) in [7, 11) is 0. The number of amides is 1. The summed E-state index contributed by atoms with van der Waals surface area (Å²) >= 11 is 0. The van der Waals surface area contributed by atoms with Gasteiger partial charge in [-0.15, -0.1) is 0 Å². The SMILES string of the molecule is Cc1ccc(NC(=O)Cn2cnc(CNC(C)C)c2)cc1. The Balaban J connectivity index is 1.86. The third-order valence-electron chi connectivity index (χ3n) is 3.04. The molecule has 5 heteroatoms. The average Bonchev–Trinajstić information content (AvgIpc) is 2.86. The van der Waals surface area contributed by atoms with Crippen molar-refractivity contribution in [2.75, 3.05) is 5.32 Å². The zero-order valence-corrected chi connectivity index (χ0v) is 12.8.